The van der Waals surface area contributed by atoms with Gasteiger partial charge in [-0.25, -0.2) is 0 Å². The zero-order valence-electron chi connectivity index (χ0n) is 19.4. The molecule has 6 nitrogen and oxygen atoms in total. The van der Waals surface area contributed by atoms with Gasteiger partial charge < -0.3 is 14.7 Å². The summed E-state index contributed by atoms with van der Waals surface area (Å²) in [6.45, 7) is 6.87. The van der Waals surface area contributed by atoms with Gasteiger partial charge in [-0.3, -0.25) is 14.4 Å². The van der Waals surface area contributed by atoms with Crippen molar-refractivity contribution in [2.24, 2.45) is 0 Å². The molecule has 0 aliphatic rings. The standard InChI is InChI=1S/C27H29NO5/c1-18(29)14-19-8-10-20(11-9-19)16-28(17-25(31)33-27(2,3)4)26(32)24-7-5-6-21-15-22(30)12-13-23(21)24/h5-13,15,30H,14,16-17H2,1-4H3. The normalized spacial score (nSPS) is 11.3. The molecular weight excluding hydrogens is 418 g/mol. The molecule has 172 valence electrons. The first-order chi connectivity index (χ1) is 15.5. The average molecular weight is 448 g/mol. The fourth-order valence-corrected chi connectivity index (χ4v) is 3.63. The van der Waals surface area contributed by atoms with Crippen LogP contribution >= 0.6 is 0 Å². The maximum atomic E-state index is 13.6. The molecule has 0 spiro atoms. The molecule has 0 aliphatic carbocycles. The lowest BCUT2D eigenvalue weighted by atomic mass is 10.0. The number of ketones is 1. The SMILES string of the molecule is CC(=O)Cc1ccc(CN(CC(=O)OC(C)(C)C)C(=O)c2cccc3cc(O)ccc23)cc1. The van der Waals surface area contributed by atoms with Crippen molar-refractivity contribution in [1.82, 2.24) is 4.90 Å². The molecule has 0 bridgehead atoms. The summed E-state index contributed by atoms with van der Waals surface area (Å²) in [5.74, 6) is -0.623. The molecule has 0 saturated heterocycles. The second kappa shape index (κ2) is 9.86. The summed E-state index contributed by atoms with van der Waals surface area (Å²) < 4.78 is 5.45. The number of benzene rings is 3. The predicted octanol–water partition coefficient (Wildman–Crippen LogP) is 4.66. The molecule has 0 saturated carbocycles. The molecule has 0 aliphatic heterocycles. The molecule has 1 amide bonds. The van der Waals surface area contributed by atoms with E-state index in [-0.39, 0.29) is 30.5 Å². The first kappa shape index (κ1) is 24.0. The number of phenolic OH excluding ortho intramolecular Hbond substituents is 1. The third-order valence-electron chi connectivity index (χ3n) is 4.97. The topological polar surface area (TPSA) is 83.9 Å². The van der Waals surface area contributed by atoms with Crippen LogP contribution in [-0.4, -0.2) is 39.8 Å². The largest absolute Gasteiger partial charge is 0.508 e. The minimum absolute atomic E-state index is 0.0754. The van der Waals surface area contributed by atoms with E-state index in [9.17, 15) is 19.5 Å². The number of aromatic hydroxyl groups is 1. The minimum atomic E-state index is -0.670. The lowest BCUT2D eigenvalue weighted by Gasteiger charge is -2.26. The van der Waals surface area contributed by atoms with Crippen LogP contribution in [0.4, 0.5) is 0 Å². The van der Waals surface area contributed by atoms with Crippen LogP contribution in [0.2, 0.25) is 0 Å². The minimum Gasteiger partial charge on any atom is -0.508 e. The van der Waals surface area contributed by atoms with E-state index in [1.807, 2.05) is 30.3 Å². The summed E-state index contributed by atoms with van der Waals surface area (Å²) in [6.07, 6.45) is 0.351. The highest BCUT2D eigenvalue weighted by Gasteiger charge is 2.24. The Balaban J connectivity index is 1.92. The van der Waals surface area contributed by atoms with E-state index in [1.54, 1.807) is 52.0 Å². The number of carbonyl (C=O) groups excluding carboxylic acids is 3. The molecule has 0 radical (unpaired) electrons. The van der Waals surface area contributed by atoms with Gasteiger partial charge in [-0.15, -0.1) is 0 Å². The number of carbonyl (C=O) groups is 3. The number of rotatable bonds is 7. The fourth-order valence-electron chi connectivity index (χ4n) is 3.63. The van der Waals surface area contributed by atoms with Crippen molar-refractivity contribution in [3.63, 3.8) is 0 Å². The van der Waals surface area contributed by atoms with Gasteiger partial charge in [0.2, 0.25) is 0 Å². The van der Waals surface area contributed by atoms with E-state index in [0.717, 1.165) is 16.5 Å². The predicted molar refractivity (Wildman–Crippen MR) is 127 cm³/mol. The van der Waals surface area contributed by atoms with Gasteiger partial charge in [-0.2, -0.15) is 0 Å². The van der Waals surface area contributed by atoms with Crippen molar-refractivity contribution >= 4 is 28.4 Å². The third-order valence-corrected chi connectivity index (χ3v) is 4.97. The van der Waals surface area contributed by atoms with Gasteiger partial charge in [-0.1, -0.05) is 36.4 Å². The number of fused-ring (bicyclic) bond motifs is 1. The molecule has 33 heavy (non-hydrogen) atoms. The zero-order chi connectivity index (χ0) is 24.2. The van der Waals surface area contributed by atoms with Crippen LogP contribution in [0.5, 0.6) is 5.75 Å². The Labute approximate surface area is 193 Å². The molecule has 0 aromatic heterocycles. The van der Waals surface area contributed by atoms with Crippen molar-refractivity contribution in [2.45, 2.75) is 46.3 Å². The monoisotopic (exact) mass is 447 g/mol. The van der Waals surface area contributed by atoms with Crippen LogP contribution in [0.25, 0.3) is 10.8 Å². The Morgan fingerprint density at radius 2 is 1.61 bits per heavy atom. The molecule has 0 atom stereocenters. The Morgan fingerprint density at radius 3 is 2.24 bits per heavy atom. The van der Waals surface area contributed by atoms with Gasteiger partial charge in [0, 0.05) is 18.5 Å². The smallest absolute Gasteiger partial charge is 0.326 e. The number of nitrogens with zero attached hydrogens (tertiary/aromatic N) is 1. The number of amides is 1. The zero-order valence-corrected chi connectivity index (χ0v) is 19.4. The van der Waals surface area contributed by atoms with E-state index >= 15 is 0 Å². The van der Waals surface area contributed by atoms with Gasteiger partial charge in [0.1, 0.15) is 23.7 Å². The maximum Gasteiger partial charge on any atom is 0.326 e. The maximum absolute atomic E-state index is 13.6. The summed E-state index contributed by atoms with van der Waals surface area (Å²) in [7, 11) is 0. The summed E-state index contributed by atoms with van der Waals surface area (Å²) >= 11 is 0. The van der Waals surface area contributed by atoms with E-state index in [2.05, 4.69) is 0 Å². The van der Waals surface area contributed by atoms with Crippen LogP contribution in [0.3, 0.4) is 0 Å². The molecular formula is C27H29NO5. The van der Waals surface area contributed by atoms with Gasteiger partial charge in [0.15, 0.2) is 0 Å². The highest BCUT2D eigenvalue weighted by Crippen LogP contribution is 2.25. The lowest BCUT2D eigenvalue weighted by molar-refractivity contribution is -0.155. The number of esters is 1. The fraction of sp³-hybridized carbons (Fsp3) is 0.296. The number of hydrogen-bond donors (Lipinski definition) is 1. The van der Waals surface area contributed by atoms with Gasteiger partial charge in [-0.05, 0) is 73.9 Å². The first-order valence-electron chi connectivity index (χ1n) is 10.8. The Hall–Kier alpha value is -3.67. The van der Waals surface area contributed by atoms with E-state index < -0.39 is 11.6 Å². The lowest BCUT2D eigenvalue weighted by Crippen LogP contribution is -2.38. The van der Waals surface area contributed by atoms with E-state index in [0.29, 0.717) is 17.4 Å². The molecule has 6 heteroatoms. The van der Waals surface area contributed by atoms with Crippen molar-refractivity contribution in [3.05, 3.63) is 77.4 Å². The van der Waals surface area contributed by atoms with Crippen molar-refractivity contribution in [3.8, 4) is 5.75 Å². The van der Waals surface area contributed by atoms with Gasteiger partial charge in [0.05, 0.1) is 0 Å². The summed E-state index contributed by atoms with van der Waals surface area (Å²) in [4.78, 5) is 39.0. The molecule has 1 N–H and O–H groups in total. The molecule has 3 aromatic carbocycles. The van der Waals surface area contributed by atoms with Gasteiger partial charge >= 0.3 is 5.97 Å². The van der Waals surface area contributed by atoms with Crippen LogP contribution in [0.1, 0.15) is 49.2 Å². The number of Topliss-reactive ketones (excluding diaryl/α,β-unsaturated/α-hetero) is 1. The third kappa shape index (κ3) is 6.65. The Kier molecular flexibility index (Phi) is 7.16. The van der Waals surface area contributed by atoms with E-state index in [4.69, 9.17) is 4.74 Å². The molecule has 0 fully saturated rings. The number of hydrogen-bond acceptors (Lipinski definition) is 5. The quantitative estimate of drug-likeness (QED) is 0.533. The van der Waals surface area contributed by atoms with Crippen LogP contribution in [0.15, 0.2) is 60.7 Å². The summed E-state index contributed by atoms with van der Waals surface area (Å²) in [5.41, 5.74) is 1.49. The Bertz CT molecular complexity index is 1180. The average Bonchev–Trinajstić information content (AvgIpc) is 2.71. The molecule has 0 heterocycles. The van der Waals surface area contributed by atoms with Crippen LogP contribution in [-0.2, 0) is 27.3 Å². The van der Waals surface area contributed by atoms with Crippen molar-refractivity contribution < 1.29 is 24.2 Å². The first-order valence-corrected chi connectivity index (χ1v) is 10.8. The summed E-state index contributed by atoms with van der Waals surface area (Å²) in [5, 5.41) is 11.2. The summed E-state index contributed by atoms with van der Waals surface area (Å²) in [6, 6.07) is 17.5. The molecule has 3 aromatic rings. The van der Waals surface area contributed by atoms with Crippen LogP contribution < -0.4 is 0 Å². The highest BCUT2D eigenvalue weighted by atomic mass is 16.6. The highest BCUT2D eigenvalue weighted by molar-refractivity contribution is 6.07. The van der Waals surface area contributed by atoms with Crippen LogP contribution in [0, 0.1) is 0 Å². The second-order valence-corrected chi connectivity index (χ2v) is 9.15. The molecule has 0 unspecified atom stereocenters. The second-order valence-electron chi connectivity index (χ2n) is 9.15. The van der Waals surface area contributed by atoms with Gasteiger partial charge in [0.25, 0.3) is 5.91 Å². The molecule has 3 rings (SSSR count). The number of phenols is 1. The van der Waals surface area contributed by atoms with E-state index in [1.165, 1.54) is 11.0 Å². The number of ether oxygens (including phenoxy) is 1. The van der Waals surface area contributed by atoms with Crippen molar-refractivity contribution in [2.75, 3.05) is 6.54 Å². The van der Waals surface area contributed by atoms with Crippen molar-refractivity contribution in [1.29, 1.82) is 0 Å². The Morgan fingerprint density at radius 1 is 0.939 bits per heavy atom.